The Labute approximate surface area is 124 Å². The van der Waals surface area contributed by atoms with Crippen LogP contribution in [0.4, 0.5) is 5.82 Å². The van der Waals surface area contributed by atoms with Gasteiger partial charge in [0.1, 0.15) is 11.5 Å². The highest BCUT2D eigenvalue weighted by molar-refractivity contribution is 9.10. The molecular formula is C13H13BrClN3O. The highest BCUT2D eigenvalue weighted by Gasteiger charge is 2.15. The van der Waals surface area contributed by atoms with Gasteiger partial charge in [0.2, 0.25) is 0 Å². The molecule has 2 aromatic rings. The van der Waals surface area contributed by atoms with E-state index in [1.165, 1.54) is 0 Å². The molecule has 1 amide bonds. The van der Waals surface area contributed by atoms with Gasteiger partial charge < -0.3 is 9.88 Å². The molecule has 0 aromatic carbocycles. The maximum absolute atomic E-state index is 12.2. The summed E-state index contributed by atoms with van der Waals surface area (Å²) in [5, 5.41) is 3.26. The van der Waals surface area contributed by atoms with E-state index in [0.29, 0.717) is 16.5 Å². The quantitative estimate of drug-likeness (QED) is 0.911. The number of hydrogen-bond acceptors (Lipinski definition) is 2. The van der Waals surface area contributed by atoms with E-state index in [1.54, 1.807) is 24.4 Å². The second-order valence-electron chi connectivity index (χ2n) is 4.36. The standard InChI is InChI=1S/C13H13BrClN3O/c1-8(2)18-7-9(14)5-11(18)13(19)17-12-6-10(15)3-4-16-12/h3-8H,1-2H3,(H,16,17,19). The third kappa shape index (κ3) is 3.36. The Kier molecular flexibility index (Phi) is 4.27. The highest BCUT2D eigenvalue weighted by Crippen LogP contribution is 2.20. The zero-order chi connectivity index (χ0) is 14.0. The van der Waals surface area contributed by atoms with E-state index >= 15 is 0 Å². The number of pyridine rings is 1. The fourth-order valence-corrected chi connectivity index (χ4v) is 2.31. The van der Waals surface area contributed by atoms with Gasteiger partial charge in [-0.15, -0.1) is 0 Å². The predicted molar refractivity (Wildman–Crippen MR) is 79.7 cm³/mol. The smallest absolute Gasteiger partial charge is 0.273 e. The monoisotopic (exact) mass is 341 g/mol. The summed E-state index contributed by atoms with van der Waals surface area (Å²) in [6, 6.07) is 5.24. The molecule has 0 bridgehead atoms. The van der Waals surface area contributed by atoms with E-state index in [0.717, 1.165) is 4.47 Å². The van der Waals surface area contributed by atoms with Crippen LogP contribution in [-0.4, -0.2) is 15.5 Å². The van der Waals surface area contributed by atoms with Gasteiger partial charge in [0.15, 0.2) is 0 Å². The molecule has 0 aliphatic carbocycles. The van der Waals surface area contributed by atoms with E-state index in [2.05, 4.69) is 26.2 Å². The first kappa shape index (κ1) is 14.1. The van der Waals surface area contributed by atoms with Crippen LogP contribution in [0.1, 0.15) is 30.4 Å². The summed E-state index contributed by atoms with van der Waals surface area (Å²) in [6.07, 6.45) is 3.43. The molecule has 0 atom stereocenters. The van der Waals surface area contributed by atoms with Crippen LogP contribution in [0.2, 0.25) is 5.02 Å². The second kappa shape index (κ2) is 5.75. The molecule has 6 heteroatoms. The number of rotatable bonds is 3. The number of hydrogen-bond donors (Lipinski definition) is 1. The van der Waals surface area contributed by atoms with Crippen LogP contribution in [0.5, 0.6) is 0 Å². The third-order valence-corrected chi connectivity index (χ3v) is 3.24. The molecule has 19 heavy (non-hydrogen) atoms. The van der Waals surface area contributed by atoms with Gasteiger partial charge in [0.05, 0.1) is 0 Å². The molecule has 2 heterocycles. The van der Waals surface area contributed by atoms with Crippen molar-refractivity contribution in [3.63, 3.8) is 0 Å². The molecule has 2 rings (SSSR count). The van der Waals surface area contributed by atoms with Crippen LogP contribution in [0, 0.1) is 0 Å². The Morgan fingerprint density at radius 1 is 1.47 bits per heavy atom. The van der Waals surface area contributed by atoms with Crippen molar-refractivity contribution in [2.45, 2.75) is 19.9 Å². The van der Waals surface area contributed by atoms with Crippen LogP contribution in [0.25, 0.3) is 0 Å². The van der Waals surface area contributed by atoms with Crippen molar-refractivity contribution in [3.05, 3.63) is 45.8 Å². The van der Waals surface area contributed by atoms with Crippen molar-refractivity contribution < 1.29 is 4.79 Å². The van der Waals surface area contributed by atoms with Gasteiger partial charge in [-0.3, -0.25) is 4.79 Å². The van der Waals surface area contributed by atoms with E-state index < -0.39 is 0 Å². The number of halogens is 2. The van der Waals surface area contributed by atoms with E-state index in [4.69, 9.17) is 11.6 Å². The van der Waals surface area contributed by atoms with Gasteiger partial charge in [-0.05, 0) is 48.0 Å². The highest BCUT2D eigenvalue weighted by atomic mass is 79.9. The molecule has 2 aromatic heterocycles. The molecular weight excluding hydrogens is 330 g/mol. The summed E-state index contributed by atoms with van der Waals surface area (Å²) in [4.78, 5) is 16.3. The molecule has 0 unspecified atom stereocenters. The van der Waals surface area contributed by atoms with Crippen molar-refractivity contribution in [1.82, 2.24) is 9.55 Å². The SMILES string of the molecule is CC(C)n1cc(Br)cc1C(=O)Nc1cc(Cl)ccn1. The molecule has 0 saturated heterocycles. The largest absolute Gasteiger partial charge is 0.340 e. The van der Waals surface area contributed by atoms with Crippen LogP contribution in [-0.2, 0) is 0 Å². The zero-order valence-electron chi connectivity index (χ0n) is 10.5. The van der Waals surface area contributed by atoms with Crippen LogP contribution in [0.15, 0.2) is 35.1 Å². The lowest BCUT2D eigenvalue weighted by atomic mass is 10.3. The first-order chi connectivity index (χ1) is 8.97. The normalized spacial score (nSPS) is 10.8. The molecule has 0 aliphatic rings. The van der Waals surface area contributed by atoms with Gasteiger partial charge in [-0.25, -0.2) is 4.98 Å². The first-order valence-corrected chi connectivity index (χ1v) is 6.94. The lowest BCUT2D eigenvalue weighted by Crippen LogP contribution is -2.18. The third-order valence-electron chi connectivity index (χ3n) is 2.57. The second-order valence-corrected chi connectivity index (χ2v) is 5.71. The van der Waals surface area contributed by atoms with Gasteiger partial charge in [-0.1, -0.05) is 11.6 Å². The molecule has 0 radical (unpaired) electrons. The van der Waals surface area contributed by atoms with Gasteiger partial charge >= 0.3 is 0 Å². The number of carbonyl (C=O) groups excluding carboxylic acids is 1. The van der Waals surface area contributed by atoms with Crippen LogP contribution >= 0.6 is 27.5 Å². The summed E-state index contributed by atoms with van der Waals surface area (Å²) in [7, 11) is 0. The summed E-state index contributed by atoms with van der Waals surface area (Å²) < 4.78 is 2.76. The van der Waals surface area contributed by atoms with E-state index in [1.807, 2.05) is 24.6 Å². The predicted octanol–water partition coefficient (Wildman–Crippen LogP) is 4.13. The summed E-state index contributed by atoms with van der Waals surface area (Å²) in [5.74, 6) is 0.222. The molecule has 0 fully saturated rings. The van der Waals surface area contributed by atoms with Crippen LogP contribution in [0.3, 0.4) is 0 Å². The van der Waals surface area contributed by atoms with E-state index in [9.17, 15) is 4.79 Å². The number of aromatic nitrogens is 2. The molecule has 4 nitrogen and oxygen atoms in total. The Morgan fingerprint density at radius 2 is 2.21 bits per heavy atom. The number of amides is 1. The summed E-state index contributed by atoms with van der Waals surface area (Å²) in [6.45, 7) is 4.03. The lowest BCUT2D eigenvalue weighted by Gasteiger charge is -2.12. The van der Waals surface area contributed by atoms with Crippen molar-refractivity contribution in [2.24, 2.45) is 0 Å². The van der Waals surface area contributed by atoms with Crippen molar-refractivity contribution in [2.75, 3.05) is 5.32 Å². The molecule has 0 aliphatic heterocycles. The fourth-order valence-electron chi connectivity index (χ4n) is 1.71. The lowest BCUT2D eigenvalue weighted by molar-refractivity contribution is 0.101. The Hall–Kier alpha value is -1.33. The van der Waals surface area contributed by atoms with E-state index in [-0.39, 0.29) is 11.9 Å². The van der Waals surface area contributed by atoms with Crippen LogP contribution < -0.4 is 5.32 Å². The zero-order valence-corrected chi connectivity index (χ0v) is 12.9. The topological polar surface area (TPSA) is 46.9 Å². The molecule has 1 N–H and O–H groups in total. The number of anilines is 1. The molecule has 0 saturated carbocycles. The molecule has 0 spiro atoms. The van der Waals surface area contributed by atoms with Crippen molar-refractivity contribution in [1.29, 1.82) is 0 Å². The summed E-state index contributed by atoms with van der Waals surface area (Å²) in [5.41, 5.74) is 0.573. The first-order valence-electron chi connectivity index (χ1n) is 5.77. The Balaban J connectivity index is 2.25. The minimum absolute atomic E-state index is 0.194. The fraction of sp³-hybridized carbons (Fsp3) is 0.231. The van der Waals surface area contributed by atoms with Gasteiger partial charge in [0, 0.05) is 27.9 Å². The average molecular weight is 343 g/mol. The van der Waals surface area contributed by atoms with Crippen molar-refractivity contribution >= 4 is 39.3 Å². The minimum atomic E-state index is -0.214. The average Bonchev–Trinajstić information content (AvgIpc) is 2.71. The minimum Gasteiger partial charge on any atom is -0.340 e. The van der Waals surface area contributed by atoms with Crippen molar-refractivity contribution in [3.8, 4) is 0 Å². The number of nitrogens with zero attached hydrogens (tertiary/aromatic N) is 2. The Bertz CT molecular complexity index is 610. The number of carbonyl (C=O) groups is 1. The molecule has 100 valence electrons. The van der Waals surface area contributed by atoms with Gasteiger partial charge in [0.25, 0.3) is 5.91 Å². The maximum Gasteiger partial charge on any atom is 0.273 e. The Morgan fingerprint density at radius 3 is 2.84 bits per heavy atom. The summed E-state index contributed by atoms with van der Waals surface area (Å²) >= 11 is 9.24. The number of nitrogens with one attached hydrogen (secondary N) is 1. The maximum atomic E-state index is 12.2. The van der Waals surface area contributed by atoms with Gasteiger partial charge in [-0.2, -0.15) is 0 Å².